The molecule has 0 aromatic rings. The molecule has 0 bridgehead atoms. The first-order valence-corrected chi connectivity index (χ1v) is 4.00. The molecule has 3 atom stereocenters. The van der Waals surface area contributed by atoms with E-state index in [1.807, 2.05) is 0 Å². The van der Waals surface area contributed by atoms with Crippen molar-refractivity contribution in [2.45, 2.75) is 44.5 Å². The normalized spacial score (nSPS) is 53.4. The average Bonchev–Trinajstić information content (AvgIpc) is 2.44. The van der Waals surface area contributed by atoms with E-state index in [9.17, 15) is 0 Å². The minimum Gasteiger partial charge on any atom is -0.375 e. The highest BCUT2D eigenvalue weighted by atomic mass is 16.6. The van der Waals surface area contributed by atoms with Gasteiger partial charge >= 0.3 is 0 Å². The fourth-order valence-corrected chi connectivity index (χ4v) is 1.96. The van der Waals surface area contributed by atoms with Gasteiger partial charge in [0.15, 0.2) is 0 Å². The van der Waals surface area contributed by atoms with Gasteiger partial charge in [0.25, 0.3) is 0 Å². The fraction of sp³-hybridized carbons (Fsp3) is 1.00. The van der Waals surface area contributed by atoms with Gasteiger partial charge in [-0.15, -0.1) is 0 Å². The molecule has 2 heteroatoms. The minimum atomic E-state index is 0.247. The smallest absolute Gasteiger partial charge is 0.0965 e. The maximum atomic E-state index is 5.58. The second-order valence-corrected chi connectivity index (χ2v) is 3.64. The van der Waals surface area contributed by atoms with E-state index < -0.39 is 0 Å². The van der Waals surface area contributed by atoms with Crippen LogP contribution in [0.3, 0.4) is 0 Å². The van der Waals surface area contributed by atoms with E-state index in [4.69, 9.17) is 9.47 Å². The summed E-state index contributed by atoms with van der Waals surface area (Å²) in [5.74, 6) is 0. The fourth-order valence-electron chi connectivity index (χ4n) is 1.96. The maximum absolute atomic E-state index is 5.58. The molecule has 2 nitrogen and oxygen atoms in total. The predicted molar refractivity (Wildman–Crippen MR) is 37.9 cm³/mol. The van der Waals surface area contributed by atoms with Crippen LogP contribution in [0, 0.1) is 0 Å². The second-order valence-electron chi connectivity index (χ2n) is 3.64. The average molecular weight is 142 g/mol. The molecule has 1 unspecified atom stereocenters. The van der Waals surface area contributed by atoms with Gasteiger partial charge in [-0.05, 0) is 13.8 Å². The molecule has 58 valence electrons. The molecule has 0 aliphatic carbocycles. The van der Waals surface area contributed by atoms with Crippen LogP contribution >= 0.6 is 0 Å². The van der Waals surface area contributed by atoms with E-state index in [-0.39, 0.29) is 5.60 Å². The molecule has 2 aliphatic rings. The van der Waals surface area contributed by atoms with E-state index >= 15 is 0 Å². The molecule has 0 N–H and O–H groups in total. The van der Waals surface area contributed by atoms with Gasteiger partial charge in [-0.3, -0.25) is 0 Å². The highest BCUT2D eigenvalue weighted by Crippen LogP contribution is 2.41. The standard InChI is InChI=1S/C8H14O2/c1-6-3-8(5-9-8)4-7(2)10-6/h6-7H,3-5H2,1-2H3/t6-,7+,8?. The first-order valence-electron chi connectivity index (χ1n) is 4.00. The summed E-state index contributed by atoms with van der Waals surface area (Å²) in [6, 6.07) is 0. The van der Waals surface area contributed by atoms with Crippen LogP contribution in [0.2, 0.25) is 0 Å². The SMILES string of the molecule is C[C@@H]1CC2(CO2)C[C@H](C)O1. The summed E-state index contributed by atoms with van der Waals surface area (Å²) in [5.41, 5.74) is 0.247. The second kappa shape index (κ2) is 1.95. The van der Waals surface area contributed by atoms with E-state index in [2.05, 4.69) is 13.8 Å². The number of ether oxygens (including phenoxy) is 2. The molecule has 0 radical (unpaired) electrons. The van der Waals surface area contributed by atoms with Crippen molar-refractivity contribution in [3.63, 3.8) is 0 Å². The quantitative estimate of drug-likeness (QED) is 0.476. The van der Waals surface area contributed by atoms with Crippen molar-refractivity contribution in [3.8, 4) is 0 Å². The van der Waals surface area contributed by atoms with Crippen LogP contribution in [0.4, 0.5) is 0 Å². The van der Waals surface area contributed by atoms with E-state index in [0.717, 1.165) is 19.4 Å². The number of hydrogen-bond donors (Lipinski definition) is 0. The molecular formula is C8H14O2. The predicted octanol–water partition coefficient (Wildman–Crippen LogP) is 1.34. The third kappa shape index (κ3) is 1.06. The first-order chi connectivity index (χ1) is 4.70. The minimum absolute atomic E-state index is 0.247. The lowest BCUT2D eigenvalue weighted by molar-refractivity contribution is -0.0602. The molecule has 2 rings (SSSR count). The molecular weight excluding hydrogens is 128 g/mol. The lowest BCUT2D eigenvalue weighted by Gasteiger charge is -2.29. The molecule has 10 heavy (non-hydrogen) atoms. The number of hydrogen-bond acceptors (Lipinski definition) is 2. The van der Waals surface area contributed by atoms with Crippen LogP contribution in [0.25, 0.3) is 0 Å². The summed E-state index contributed by atoms with van der Waals surface area (Å²) >= 11 is 0. The molecule has 0 amide bonds. The monoisotopic (exact) mass is 142 g/mol. The molecule has 2 aliphatic heterocycles. The van der Waals surface area contributed by atoms with Gasteiger partial charge in [0, 0.05) is 12.8 Å². The lowest BCUT2D eigenvalue weighted by atomic mass is 9.93. The van der Waals surface area contributed by atoms with Gasteiger partial charge in [-0.1, -0.05) is 0 Å². The third-order valence-electron chi connectivity index (χ3n) is 2.34. The zero-order chi connectivity index (χ0) is 7.19. The van der Waals surface area contributed by atoms with Crippen LogP contribution < -0.4 is 0 Å². The van der Waals surface area contributed by atoms with Gasteiger partial charge in [-0.2, -0.15) is 0 Å². The van der Waals surface area contributed by atoms with Crippen molar-refractivity contribution < 1.29 is 9.47 Å². The highest BCUT2D eigenvalue weighted by molar-refractivity contribution is 4.97. The number of rotatable bonds is 0. The number of epoxide rings is 1. The lowest BCUT2D eigenvalue weighted by Crippen LogP contribution is -2.34. The Labute approximate surface area is 61.5 Å². The Balaban J connectivity index is 2.00. The Kier molecular flexibility index (Phi) is 1.29. The Morgan fingerprint density at radius 3 is 2.10 bits per heavy atom. The van der Waals surface area contributed by atoms with E-state index in [1.165, 1.54) is 0 Å². The molecule has 0 aromatic carbocycles. The Morgan fingerprint density at radius 2 is 1.70 bits per heavy atom. The Morgan fingerprint density at radius 1 is 1.20 bits per heavy atom. The molecule has 2 fully saturated rings. The summed E-state index contributed by atoms with van der Waals surface area (Å²) in [4.78, 5) is 0. The highest BCUT2D eigenvalue weighted by Gasteiger charge is 2.49. The summed E-state index contributed by atoms with van der Waals surface area (Å²) in [6.07, 6.45) is 2.98. The van der Waals surface area contributed by atoms with Crippen molar-refractivity contribution in [1.82, 2.24) is 0 Å². The molecule has 1 spiro atoms. The van der Waals surface area contributed by atoms with Gasteiger partial charge in [0.2, 0.25) is 0 Å². The van der Waals surface area contributed by atoms with Crippen LogP contribution in [0.1, 0.15) is 26.7 Å². The summed E-state index contributed by atoms with van der Waals surface area (Å²) in [5, 5.41) is 0. The van der Waals surface area contributed by atoms with Gasteiger partial charge in [0.05, 0.1) is 24.4 Å². The van der Waals surface area contributed by atoms with Gasteiger partial charge in [-0.25, -0.2) is 0 Å². The van der Waals surface area contributed by atoms with Crippen molar-refractivity contribution in [2.75, 3.05) is 6.61 Å². The van der Waals surface area contributed by atoms with Crippen molar-refractivity contribution in [2.24, 2.45) is 0 Å². The Hall–Kier alpha value is -0.0800. The molecule has 2 saturated heterocycles. The van der Waals surface area contributed by atoms with Crippen LogP contribution in [-0.4, -0.2) is 24.4 Å². The van der Waals surface area contributed by atoms with E-state index in [1.54, 1.807) is 0 Å². The van der Waals surface area contributed by atoms with Crippen LogP contribution in [0.5, 0.6) is 0 Å². The third-order valence-corrected chi connectivity index (χ3v) is 2.34. The summed E-state index contributed by atoms with van der Waals surface area (Å²) in [7, 11) is 0. The zero-order valence-corrected chi connectivity index (χ0v) is 6.59. The molecule has 0 aromatic heterocycles. The van der Waals surface area contributed by atoms with Crippen molar-refractivity contribution in [1.29, 1.82) is 0 Å². The van der Waals surface area contributed by atoms with Crippen molar-refractivity contribution >= 4 is 0 Å². The Bertz CT molecular complexity index is 128. The van der Waals surface area contributed by atoms with Gasteiger partial charge < -0.3 is 9.47 Å². The van der Waals surface area contributed by atoms with E-state index in [0.29, 0.717) is 12.2 Å². The largest absolute Gasteiger partial charge is 0.375 e. The van der Waals surface area contributed by atoms with Gasteiger partial charge in [0.1, 0.15) is 0 Å². The molecule has 2 heterocycles. The molecule has 0 saturated carbocycles. The van der Waals surface area contributed by atoms with Crippen LogP contribution in [-0.2, 0) is 9.47 Å². The topological polar surface area (TPSA) is 21.8 Å². The van der Waals surface area contributed by atoms with Crippen molar-refractivity contribution in [3.05, 3.63) is 0 Å². The maximum Gasteiger partial charge on any atom is 0.0965 e. The summed E-state index contributed by atoms with van der Waals surface area (Å²) < 4.78 is 11.0. The zero-order valence-electron chi connectivity index (χ0n) is 6.59. The van der Waals surface area contributed by atoms with Crippen LogP contribution in [0.15, 0.2) is 0 Å². The summed E-state index contributed by atoms with van der Waals surface area (Å²) in [6.45, 7) is 5.21. The first kappa shape index (κ1) is 6.62.